The molecular formula is C19H21FN2OS. The van der Waals surface area contributed by atoms with Gasteiger partial charge in [0.1, 0.15) is 0 Å². The Morgan fingerprint density at radius 1 is 1.17 bits per heavy atom. The lowest BCUT2D eigenvalue weighted by molar-refractivity contribution is 0.231. The van der Waals surface area contributed by atoms with E-state index < -0.39 is 0 Å². The first-order chi connectivity index (χ1) is 11.7. The van der Waals surface area contributed by atoms with E-state index in [4.69, 9.17) is 4.52 Å². The highest BCUT2D eigenvalue weighted by molar-refractivity contribution is 7.94. The topological polar surface area (TPSA) is 38.1 Å². The fourth-order valence-corrected chi connectivity index (χ4v) is 5.79. The summed E-state index contributed by atoms with van der Waals surface area (Å²) in [5, 5.41) is 8.06. The van der Waals surface area contributed by atoms with Crippen LogP contribution in [-0.2, 0) is 6.54 Å². The van der Waals surface area contributed by atoms with Crippen LogP contribution in [-0.4, -0.2) is 10.7 Å². The van der Waals surface area contributed by atoms with Gasteiger partial charge in [0.05, 0.1) is 17.8 Å². The Kier molecular flexibility index (Phi) is 3.49. The summed E-state index contributed by atoms with van der Waals surface area (Å²) in [6.45, 7) is 0.776. The normalized spacial score (nSPS) is 33.5. The van der Waals surface area contributed by atoms with E-state index in [0.717, 1.165) is 41.3 Å². The summed E-state index contributed by atoms with van der Waals surface area (Å²) in [5.41, 5.74) is 2.26. The van der Waals surface area contributed by atoms with Crippen LogP contribution in [0.15, 0.2) is 39.8 Å². The fourth-order valence-electron chi connectivity index (χ4n) is 5.55. The molecule has 4 saturated carbocycles. The number of nitrogens with one attached hydrogen (secondary N) is 1. The van der Waals surface area contributed by atoms with Crippen LogP contribution in [0.2, 0.25) is 0 Å². The number of hydrogen-bond donors (Lipinski definition) is 1. The zero-order chi connectivity index (χ0) is 16.1. The predicted octanol–water partition coefficient (Wildman–Crippen LogP) is 4.99. The highest BCUT2D eigenvalue weighted by Crippen LogP contribution is 2.60. The Bertz CT molecular complexity index is 730. The lowest BCUT2D eigenvalue weighted by Gasteiger charge is -2.33. The summed E-state index contributed by atoms with van der Waals surface area (Å²) in [7, 11) is 0. The first-order valence-corrected chi connectivity index (χ1v) is 9.55. The molecule has 4 aliphatic carbocycles. The second kappa shape index (κ2) is 5.60. The van der Waals surface area contributed by atoms with E-state index in [1.807, 2.05) is 18.2 Å². The molecule has 2 unspecified atom stereocenters. The number of aromatic nitrogens is 1. The molecule has 4 fully saturated rings. The minimum absolute atomic E-state index is 0.256. The summed E-state index contributed by atoms with van der Waals surface area (Å²) in [6.07, 6.45) is 7.00. The zero-order valence-corrected chi connectivity index (χ0v) is 14.3. The Balaban J connectivity index is 1.28. The van der Waals surface area contributed by atoms with Gasteiger partial charge in [-0.15, -0.1) is 0 Å². The van der Waals surface area contributed by atoms with Crippen molar-refractivity contribution in [2.24, 2.45) is 17.8 Å². The summed E-state index contributed by atoms with van der Waals surface area (Å²) in [6, 6.07) is 9.26. The number of halogens is 1. The van der Waals surface area contributed by atoms with Crippen molar-refractivity contribution in [3.05, 3.63) is 36.0 Å². The quantitative estimate of drug-likeness (QED) is 0.829. The minimum atomic E-state index is 0.256. The van der Waals surface area contributed by atoms with Crippen LogP contribution in [0.4, 0.5) is 3.89 Å². The molecule has 5 heteroatoms. The van der Waals surface area contributed by atoms with E-state index in [0.29, 0.717) is 10.4 Å². The van der Waals surface area contributed by atoms with Gasteiger partial charge < -0.3 is 9.84 Å². The molecule has 2 aromatic rings. The second-order valence-corrected chi connectivity index (χ2v) is 8.46. The van der Waals surface area contributed by atoms with Gasteiger partial charge in [-0.25, -0.2) is 0 Å². The van der Waals surface area contributed by atoms with Crippen molar-refractivity contribution in [3.63, 3.8) is 0 Å². The van der Waals surface area contributed by atoms with E-state index in [1.54, 1.807) is 12.1 Å². The summed E-state index contributed by atoms with van der Waals surface area (Å²) >= 11 is 0.256. The maximum absolute atomic E-state index is 12.5. The van der Waals surface area contributed by atoms with Crippen molar-refractivity contribution in [2.75, 3.05) is 0 Å². The van der Waals surface area contributed by atoms with Crippen molar-refractivity contribution in [1.82, 2.24) is 10.5 Å². The molecule has 1 heterocycles. The average molecular weight is 344 g/mol. The third kappa shape index (κ3) is 2.40. The molecular weight excluding hydrogens is 323 g/mol. The van der Waals surface area contributed by atoms with Gasteiger partial charge in [0.15, 0.2) is 5.76 Å². The number of rotatable bonds is 5. The van der Waals surface area contributed by atoms with Crippen LogP contribution in [0, 0.1) is 17.8 Å². The first-order valence-electron chi connectivity index (χ1n) is 8.84. The van der Waals surface area contributed by atoms with Gasteiger partial charge in [0.2, 0.25) is 0 Å². The molecule has 3 nitrogen and oxygen atoms in total. The third-order valence-electron chi connectivity index (χ3n) is 6.40. The van der Waals surface area contributed by atoms with Gasteiger partial charge in [-0.1, -0.05) is 5.16 Å². The molecule has 1 aromatic heterocycles. The number of nitrogens with zero attached hydrogens (tertiary/aromatic N) is 1. The molecule has 6 rings (SSSR count). The van der Waals surface area contributed by atoms with Crippen molar-refractivity contribution < 1.29 is 8.41 Å². The molecule has 0 spiro atoms. The second-order valence-electron chi connectivity index (χ2n) is 7.84. The van der Waals surface area contributed by atoms with Crippen LogP contribution in [0.1, 0.15) is 37.8 Å². The smallest absolute Gasteiger partial charge is 0.167 e. The minimum Gasteiger partial charge on any atom is -0.356 e. The molecule has 2 atom stereocenters. The Morgan fingerprint density at radius 3 is 2.62 bits per heavy atom. The van der Waals surface area contributed by atoms with E-state index in [1.165, 1.54) is 32.1 Å². The van der Waals surface area contributed by atoms with Crippen LogP contribution in [0.3, 0.4) is 0 Å². The fraction of sp³-hybridized carbons (Fsp3) is 0.526. The van der Waals surface area contributed by atoms with Gasteiger partial charge in [0, 0.05) is 28.6 Å². The first kappa shape index (κ1) is 15.0. The van der Waals surface area contributed by atoms with Gasteiger partial charge in [-0.05, 0) is 74.1 Å². The summed E-state index contributed by atoms with van der Waals surface area (Å²) < 4.78 is 18.0. The largest absolute Gasteiger partial charge is 0.356 e. The third-order valence-corrected chi connectivity index (χ3v) is 6.85. The zero-order valence-electron chi connectivity index (χ0n) is 13.5. The van der Waals surface area contributed by atoms with Crippen molar-refractivity contribution >= 4 is 12.1 Å². The maximum Gasteiger partial charge on any atom is 0.167 e. The maximum atomic E-state index is 12.5. The van der Waals surface area contributed by atoms with E-state index in [2.05, 4.69) is 10.5 Å². The van der Waals surface area contributed by atoms with E-state index in [9.17, 15) is 3.89 Å². The Labute approximate surface area is 145 Å². The average Bonchev–Trinajstić information content (AvgIpc) is 3.23. The van der Waals surface area contributed by atoms with Crippen LogP contribution in [0.5, 0.6) is 0 Å². The summed E-state index contributed by atoms with van der Waals surface area (Å²) in [5.74, 6) is 3.53. The molecule has 4 aliphatic rings. The van der Waals surface area contributed by atoms with E-state index >= 15 is 0 Å². The molecule has 126 valence electrons. The SMILES string of the molecule is FSc1ccc(-c2cc(CNC34CC5CC(CC3C5)C4)no2)cc1. The molecule has 0 saturated heterocycles. The highest BCUT2D eigenvalue weighted by Gasteiger charge is 2.57. The Morgan fingerprint density at radius 2 is 1.92 bits per heavy atom. The number of hydrogen-bond acceptors (Lipinski definition) is 4. The van der Waals surface area contributed by atoms with E-state index in [-0.39, 0.29) is 12.1 Å². The van der Waals surface area contributed by atoms with Crippen molar-refractivity contribution in [1.29, 1.82) is 0 Å². The number of benzene rings is 1. The lowest BCUT2D eigenvalue weighted by atomic mass is 9.80. The van der Waals surface area contributed by atoms with Crippen LogP contribution in [0.25, 0.3) is 11.3 Å². The molecule has 4 bridgehead atoms. The van der Waals surface area contributed by atoms with Crippen molar-refractivity contribution in [3.8, 4) is 11.3 Å². The van der Waals surface area contributed by atoms with Crippen LogP contribution >= 0.6 is 12.1 Å². The van der Waals surface area contributed by atoms with Gasteiger partial charge in [-0.3, -0.25) is 0 Å². The van der Waals surface area contributed by atoms with Crippen LogP contribution < -0.4 is 5.32 Å². The molecule has 24 heavy (non-hydrogen) atoms. The highest BCUT2D eigenvalue weighted by atomic mass is 32.2. The van der Waals surface area contributed by atoms with Crippen molar-refractivity contribution in [2.45, 2.75) is 49.1 Å². The molecule has 0 amide bonds. The monoisotopic (exact) mass is 344 g/mol. The molecule has 1 N–H and O–H groups in total. The Hall–Kier alpha value is -1.33. The van der Waals surface area contributed by atoms with Gasteiger partial charge in [-0.2, -0.15) is 3.89 Å². The summed E-state index contributed by atoms with van der Waals surface area (Å²) in [4.78, 5) is 0.603. The van der Waals surface area contributed by atoms with Gasteiger partial charge in [0.25, 0.3) is 0 Å². The molecule has 0 radical (unpaired) electrons. The van der Waals surface area contributed by atoms with Gasteiger partial charge >= 0.3 is 0 Å². The predicted molar refractivity (Wildman–Crippen MR) is 92.0 cm³/mol. The lowest BCUT2D eigenvalue weighted by Crippen LogP contribution is -2.45. The molecule has 1 aromatic carbocycles. The molecule has 0 aliphatic heterocycles. The standard InChI is InChI=1S/C19H21FN2OS/c20-24-17-3-1-14(2-4-17)18-8-16(22-23-18)11-21-19-9-12-5-13(10-19)7-15(19)6-12/h1-4,8,12-13,15,21H,5-7,9-11H2.